The summed E-state index contributed by atoms with van der Waals surface area (Å²) in [5.74, 6) is -2.67. The van der Waals surface area contributed by atoms with Crippen LogP contribution >= 0.6 is 27.5 Å². The molecule has 12 heteroatoms. The topological polar surface area (TPSA) is 92.0 Å². The van der Waals surface area contributed by atoms with Crippen LogP contribution in [0.3, 0.4) is 0 Å². The summed E-state index contributed by atoms with van der Waals surface area (Å²) in [7, 11) is 2.36. The van der Waals surface area contributed by atoms with Gasteiger partial charge < -0.3 is 14.2 Å². The van der Waals surface area contributed by atoms with E-state index in [1.807, 2.05) is 0 Å². The van der Waals surface area contributed by atoms with E-state index in [-0.39, 0.29) is 39.8 Å². The van der Waals surface area contributed by atoms with Crippen molar-refractivity contribution in [3.63, 3.8) is 0 Å². The highest BCUT2D eigenvalue weighted by Gasteiger charge is 2.32. The first-order valence-electron chi connectivity index (χ1n) is 8.68. The second kappa shape index (κ2) is 9.56. The molecule has 8 nitrogen and oxygen atoms in total. The summed E-state index contributed by atoms with van der Waals surface area (Å²) < 4.78 is 42.3. The molecule has 0 amide bonds. The fourth-order valence-corrected chi connectivity index (χ4v) is 3.62. The number of hydrogen-bond acceptors (Lipinski definition) is 7. The van der Waals surface area contributed by atoms with Gasteiger partial charge in [-0.05, 0) is 34.1 Å². The molecule has 0 bridgehead atoms. The minimum Gasteiger partial charge on any atom is -0.469 e. The summed E-state index contributed by atoms with van der Waals surface area (Å²) in [6, 6.07) is 4.00. The molecule has 1 atom stereocenters. The van der Waals surface area contributed by atoms with E-state index >= 15 is 0 Å². The maximum atomic E-state index is 13.1. The molecule has 3 rings (SSSR count). The van der Waals surface area contributed by atoms with Gasteiger partial charge in [0.05, 0.1) is 32.5 Å². The molecule has 1 unspecified atom stereocenters. The molecule has 0 N–H and O–H groups in total. The van der Waals surface area contributed by atoms with Crippen LogP contribution in [0, 0.1) is 0 Å². The number of ether oxygens (including phenoxy) is 3. The molecule has 0 aliphatic carbocycles. The summed E-state index contributed by atoms with van der Waals surface area (Å²) in [4.78, 5) is 33.1. The standard InChI is InChI=1S/C19H15BrClF2N3O5/c1-29-15(27)6-11(10-5-9(21)3-4-12(10)31-19(22)23)17-16(18(28)30-2)25-14-7-24-13(20)8-26(14)17/h3-5,7-8,11,19H,6H2,1-2H3. The van der Waals surface area contributed by atoms with E-state index in [2.05, 4.69) is 30.6 Å². The summed E-state index contributed by atoms with van der Waals surface area (Å²) >= 11 is 9.36. The van der Waals surface area contributed by atoms with Crippen molar-refractivity contribution in [1.82, 2.24) is 14.4 Å². The maximum Gasteiger partial charge on any atom is 0.387 e. The Balaban J connectivity index is 2.34. The molecule has 0 radical (unpaired) electrons. The number of hydrogen-bond donors (Lipinski definition) is 0. The van der Waals surface area contributed by atoms with Crippen LogP contribution in [0.25, 0.3) is 5.65 Å². The van der Waals surface area contributed by atoms with Gasteiger partial charge in [0.15, 0.2) is 11.3 Å². The average Bonchev–Trinajstić information content (AvgIpc) is 3.10. The zero-order chi connectivity index (χ0) is 22.7. The predicted molar refractivity (Wildman–Crippen MR) is 109 cm³/mol. The number of aromatic nitrogens is 3. The van der Waals surface area contributed by atoms with E-state index in [0.717, 1.165) is 0 Å². The number of imidazole rings is 1. The van der Waals surface area contributed by atoms with Gasteiger partial charge in [0.25, 0.3) is 0 Å². The first-order valence-corrected chi connectivity index (χ1v) is 9.85. The van der Waals surface area contributed by atoms with Crippen LogP contribution in [0.5, 0.6) is 5.75 Å². The van der Waals surface area contributed by atoms with Crippen LogP contribution in [-0.2, 0) is 14.3 Å². The van der Waals surface area contributed by atoms with Gasteiger partial charge >= 0.3 is 18.6 Å². The normalized spacial score (nSPS) is 12.1. The largest absolute Gasteiger partial charge is 0.469 e. The van der Waals surface area contributed by atoms with Crippen molar-refractivity contribution in [3.05, 3.63) is 57.2 Å². The number of carbonyl (C=O) groups excluding carboxylic acids is 2. The lowest BCUT2D eigenvalue weighted by Gasteiger charge is -2.21. The van der Waals surface area contributed by atoms with Gasteiger partial charge in [-0.2, -0.15) is 8.78 Å². The molecular formula is C19H15BrClF2N3O5. The van der Waals surface area contributed by atoms with Crippen LogP contribution in [0.15, 0.2) is 35.2 Å². The third-order valence-corrected chi connectivity index (χ3v) is 5.03. The van der Waals surface area contributed by atoms with Crippen LogP contribution < -0.4 is 4.74 Å². The zero-order valence-electron chi connectivity index (χ0n) is 16.1. The smallest absolute Gasteiger partial charge is 0.387 e. The Kier molecular flexibility index (Phi) is 7.06. The molecule has 0 fully saturated rings. The summed E-state index contributed by atoms with van der Waals surface area (Å²) in [5.41, 5.74) is 0.473. The fourth-order valence-electron chi connectivity index (χ4n) is 3.13. The molecule has 2 aromatic heterocycles. The predicted octanol–water partition coefficient (Wildman–Crippen LogP) is 4.23. The van der Waals surface area contributed by atoms with E-state index in [0.29, 0.717) is 4.60 Å². The molecular weight excluding hydrogens is 504 g/mol. The lowest BCUT2D eigenvalue weighted by Crippen LogP contribution is -2.17. The summed E-state index contributed by atoms with van der Waals surface area (Å²) in [6.45, 7) is -3.13. The van der Waals surface area contributed by atoms with Gasteiger partial charge in [0.2, 0.25) is 0 Å². The summed E-state index contributed by atoms with van der Waals surface area (Å²) in [6.07, 6.45) is 2.59. The molecule has 0 saturated carbocycles. The lowest BCUT2D eigenvalue weighted by atomic mass is 9.90. The van der Waals surface area contributed by atoms with Crippen molar-refractivity contribution in [1.29, 1.82) is 0 Å². The first kappa shape index (κ1) is 22.9. The number of esters is 2. The summed E-state index contributed by atoms with van der Waals surface area (Å²) in [5, 5.41) is 0.211. The molecule has 3 aromatic rings. The number of nitrogens with zero attached hydrogens (tertiary/aromatic N) is 3. The minimum absolute atomic E-state index is 0.126. The van der Waals surface area contributed by atoms with E-state index in [9.17, 15) is 18.4 Å². The van der Waals surface area contributed by atoms with Crippen LogP contribution in [-0.4, -0.2) is 47.1 Å². The minimum atomic E-state index is -3.13. The van der Waals surface area contributed by atoms with E-state index in [1.165, 1.54) is 49.2 Å². The van der Waals surface area contributed by atoms with Crippen molar-refractivity contribution in [3.8, 4) is 5.75 Å². The van der Waals surface area contributed by atoms with Crippen LogP contribution in [0.2, 0.25) is 5.02 Å². The number of halogens is 4. The quantitative estimate of drug-likeness (QED) is 0.432. The van der Waals surface area contributed by atoms with E-state index in [1.54, 1.807) is 0 Å². The van der Waals surface area contributed by atoms with Crippen molar-refractivity contribution in [2.24, 2.45) is 0 Å². The van der Waals surface area contributed by atoms with Crippen molar-refractivity contribution < 1.29 is 32.6 Å². The Morgan fingerprint density at radius 3 is 2.65 bits per heavy atom. The Bertz CT molecular complexity index is 1140. The van der Waals surface area contributed by atoms with Gasteiger partial charge in [-0.1, -0.05) is 11.6 Å². The molecule has 0 saturated heterocycles. The Labute approximate surface area is 188 Å². The molecule has 0 aliphatic rings. The number of carbonyl (C=O) groups is 2. The highest BCUT2D eigenvalue weighted by molar-refractivity contribution is 9.10. The highest BCUT2D eigenvalue weighted by Crippen LogP contribution is 2.39. The monoisotopic (exact) mass is 517 g/mol. The second-order valence-corrected chi connectivity index (χ2v) is 7.42. The molecule has 0 spiro atoms. The van der Waals surface area contributed by atoms with Crippen molar-refractivity contribution >= 4 is 45.1 Å². The van der Waals surface area contributed by atoms with Gasteiger partial charge in [-0.15, -0.1) is 0 Å². The Hall–Kier alpha value is -2.79. The van der Waals surface area contributed by atoms with Gasteiger partial charge in [-0.25, -0.2) is 14.8 Å². The molecule has 31 heavy (non-hydrogen) atoms. The van der Waals surface area contributed by atoms with Crippen molar-refractivity contribution in [2.45, 2.75) is 19.0 Å². The third kappa shape index (κ3) is 4.93. The number of methoxy groups -OCH3 is 2. The number of benzene rings is 1. The van der Waals surface area contributed by atoms with E-state index < -0.39 is 24.5 Å². The van der Waals surface area contributed by atoms with Gasteiger partial charge in [0.1, 0.15) is 10.4 Å². The molecule has 164 valence electrons. The number of alkyl halides is 2. The fraction of sp³-hybridized carbons (Fsp3) is 0.263. The SMILES string of the molecule is COC(=O)CC(c1cc(Cl)ccc1OC(F)F)c1c(C(=O)OC)nc2cnc(Br)cn12. The average molecular weight is 519 g/mol. The van der Waals surface area contributed by atoms with E-state index in [4.69, 9.17) is 21.1 Å². The third-order valence-electron chi connectivity index (χ3n) is 4.38. The highest BCUT2D eigenvalue weighted by atomic mass is 79.9. The van der Waals surface area contributed by atoms with Gasteiger partial charge in [-0.3, -0.25) is 9.20 Å². The van der Waals surface area contributed by atoms with Crippen LogP contribution in [0.1, 0.15) is 34.1 Å². The first-order chi connectivity index (χ1) is 14.7. The zero-order valence-corrected chi connectivity index (χ0v) is 18.5. The van der Waals surface area contributed by atoms with Gasteiger partial charge in [0, 0.05) is 22.7 Å². The molecule has 1 aromatic carbocycles. The molecule has 2 heterocycles. The number of fused-ring (bicyclic) bond motifs is 1. The Morgan fingerprint density at radius 2 is 2.00 bits per heavy atom. The number of rotatable bonds is 7. The van der Waals surface area contributed by atoms with Crippen molar-refractivity contribution in [2.75, 3.05) is 14.2 Å². The maximum absolute atomic E-state index is 13.1. The van der Waals surface area contributed by atoms with Crippen LogP contribution in [0.4, 0.5) is 8.78 Å². The second-order valence-electron chi connectivity index (χ2n) is 6.17. The Morgan fingerprint density at radius 1 is 1.26 bits per heavy atom. The molecule has 0 aliphatic heterocycles. The lowest BCUT2D eigenvalue weighted by molar-refractivity contribution is -0.140.